The van der Waals surface area contributed by atoms with E-state index >= 15 is 0 Å². The Kier molecular flexibility index (Phi) is 7.41. The van der Waals surface area contributed by atoms with E-state index < -0.39 is 0 Å². The third-order valence-corrected chi connectivity index (χ3v) is 4.44. The Morgan fingerprint density at radius 3 is 2.77 bits per heavy atom. The molecule has 1 amide bonds. The van der Waals surface area contributed by atoms with Crippen molar-refractivity contribution in [3.63, 3.8) is 0 Å². The van der Waals surface area contributed by atoms with E-state index in [2.05, 4.69) is 10.1 Å². The summed E-state index contributed by atoms with van der Waals surface area (Å²) in [6.45, 7) is 3.47. The summed E-state index contributed by atoms with van der Waals surface area (Å²) in [5.41, 5.74) is 6.46. The van der Waals surface area contributed by atoms with Crippen LogP contribution in [0.15, 0.2) is 28.8 Å². The van der Waals surface area contributed by atoms with Gasteiger partial charge in [0.25, 0.3) is 5.91 Å². The minimum Gasteiger partial charge on any atom is -0.485 e. The molecule has 1 unspecified atom stereocenters. The average molecular weight is 381 g/mol. The summed E-state index contributed by atoms with van der Waals surface area (Å²) in [6, 6.07) is 7.29. The number of piperidine rings is 1. The largest absolute Gasteiger partial charge is 0.485 e. The van der Waals surface area contributed by atoms with Crippen LogP contribution in [0.4, 0.5) is 0 Å². The molecule has 1 aromatic carbocycles. The van der Waals surface area contributed by atoms with Gasteiger partial charge in [-0.1, -0.05) is 12.1 Å². The van der Waals surface area contributed by atoms with Gasteiger partial charge in [-0.2, -0.15) is 4.98 Å². The third-order valence-electron chi connectivity index (χ3n) is 4.44. The van der Waals surface area contributed by atoms with Gasteiger partial charge in [-0.25, -0.2) is 0 Å². The standard InChI is InChI=1S/C18H24N4O3.ClH/c1-2-17-20-16(21-25-17)12-24-15-8-6-13(7-9-15)18(23)22-10-4-3-5-14(22)11-19;/h6-9,14H,2-5,10-12,19H2,1H3;1H. The van der Waals surface area contributed by atoms with Gasteiger partial charge in [-0.15, -0.1) is 12.4 Å². The van der Waals surface area contributed by atoms with Gasteiger partial charge in [0.2, 0.25) is 11.7 Å². The van der Waals surface area contributed by atoms with Gasteiger partial charge in [-0.3, -0.25) is 4.79 Å². The lowest BCUT2D eigenvalue weighted by atomic mass is 10.0. The highest BCUT2D eigenvalue weighted by Gasteiger charge is 2.26. The van der Waals surface area contributed by atoms with Gasteiger partial charge in [-0.05, 0) is 43.5 Å². The molecule has 0 spiro atoms. The molecule has 1 saturated heterocycles. The van der Waals surface area contributed by atoms with Crippen LogP contribution in [0.5, 0.6) is 5.75 Å². The van der Waals surface area contributed by atoms with E-state index in [1.54, 1.807) is 24.3 Å². The number of nitrogens with zero attached hydrogens (tertiary/aromatic N) is 3. The lowest BCUT2D eigenvalue weighted by Crippen LogP contribution is -2.47. The van der Waals surface area contributed by atoms with Crippen LogP contribution in [0.3, 0.4) is 0 Å². The quantitative estimate of drug-likeness (QED) is 0.827. The summed E-state index contributed by atoms with van der Waals surface area (Å²) in [5.74, 6) is 1.80. The fourth-order valence-electron chi connectivity index (χ4n) is 3.01. The Hall–Kier alpha value is -2.12. The molecule has 2 N–H and O–H groups in total. The number of ether oxygens (including phenoxy) is 1. The second kappa shape index (κ2) is 9.54. The Balaban J connectivity index is 0.00000243. The fourth-order valence-corrected chi connectivity index (χ4v) is 3.01. The van der Waals surface area contributed by atoms with Crippen LogP contribution in [0.1, 0.15) is 48.3 Å². The van der Waals surface area contributed by atoms with E-state index in [0.29, 0.717) is 36.0 Å². The number of rotatable bonds is 6. The molecule has 3 rings (SSSR count). The summed E-state index contributed by atoms with van der Waals surface area (Å²) in [6.07, 6.45) is 3.85. The number of carbonyl (C=O) groups excluding carboxylic acids is 1. The summed E-state index contributed by atoms with van der Waals surface area (Å²) in [5, 5.41) is 3.84. The Morgan fingerprint density at radius 2 is 2.12 bits per heavy atom. The van der Waals surface area contributed by atoms with E-state index in [1.165, 1.54) is 0 Å². The monoisotopic (exact) mass is 380 g/mol. The maximum atomic E-state index is 12.7. The minimum absolute atomic E-state index is 0. The molecule has 7 nitrogen and oxygen atoms in total. The first kappa shape index (κ1) is 20.2. The first-order chi connectivity index (χ1) is 12.2. The summed E-state index contributed by atoms with van der Waals surface area (Å²) < 4.78 is 10.7. The number of carbonyl (C=O) groups is 1. The van der Waals surface area contributed by atoms with Crippen LogP contribution in [-0.4, -0.2) is 40.1 Å². The first-order valence-electron chi connectivity index (χ1n) is 8.76. The highest BCUT2D eigenvalue weighted by molar-refractivity contribution is 5.94. The molecule has 0 bridgehead atoms. The van der Waals surface area contributed by atoms with Gasteiger partial charge in [0.05, 0.1) is 0 Å². The molecule has 26 heavy (non-hydrogen) atoms. The second-order valence-corrected chi connectivity index (χ2v) is 6.15. The number of hydrogen-bond acceptors (Lipinski definition) is 6. The van der Waals surface area contributed by atoms with E-state index in [4.69, 9.17) is 15.0 Å². The Labute approximate surface area is 159 Å². The van der Waals surface area contributed by atoms with Gasteiger partial charge in [0.1, 0.15) is 5.75 Å². The molecule has 8 heteroatoms. The molecule has 1 aromatic heterocycles. The Morgan fingerprint density at radius 1 is 1.35 bits per heavy atom. The fraction of sp³-hybridized carbons (Fsp3) is 0.500. The predicted octanol–water partition coefficient (Wildman–Crippen LogP) is 2.59. The molecular weight excluding hydrogens is 356 g/mol. The molecule has 1 fully saturated rings. The topological polar surface area (TPSA) is 94.5 Å². The number of likely N-dealkylation sites (tertiary alicyclic amines) is 1. The van der Waals surface area contributed by atoms with E-state index in [-0.39, 0.29) is 31.0 Å². The molecule has 2 heterocycles. The van der Waals surface area contributed by atoms with Crippen LogP contribution in [0, 0.1) is 0 Å². The van der Waals surface area contributed by atoms with Crippen molar-refractivity contribution < 1.29 is 14.1 Å². The highest BCUT2D eigenvalue weighted by atomic mass is 35.5. The lowest BCUT2D eigenvalue weighted by molar-refractivity contribution is 0.0623. The molecular formula is C18H25ClN4O3. The zero-order valence-corrected chi connectivity index (χ0v) is 15.7. The van der Waals surface area contributed by atoms with Crippen LogP contribution < -0.4 is 10.5 Å². The normalized spacial score (nSPS) is 16.8. The van der Waals surface area contributed by atoms with Crippen molar-refractivity contribution in [2.45, 2.75) is 45.3 Å². The number of halogens is 1. The van der Waals surface area contributed by atoms with Crippen molar-refractivity contribution in [2.75, 3.05) is 13.1 Å². The smallest absolute Gasteiger partial charge is 0.254 e. The minimum atomic E-state index is 0. The molecule has 142 valence electrons. The third kappa shape index (κ3) is 4.74. The molecule has 1 aliphatic rings. The number of aryl methyl sites for hydroxylation is 1. The molecule has 2 aromatic rings. The molecule has 1 aliphatic heterocycles. The van der Waals surface area contributed by atoms with Crippen LogP contribution >= 0.6 is 12.4 Å². The van der Waals surface area contributed by atoms with Crippen molar-refractivity contribution in [2.24, 2.45) is 5.73 Å². The van der Waals surface area contributed by atoms with E-state index in [0.717, 1.165) is 25.8 Å². The Bertz CT molecular complexity index is 705. The van der Waals surface area contributed by atoms with E-state index in [1.807, 2.05) is 11.8 Å². The van der Waals surface area contributed by atoms with Crippen LogP contribution in [0.2, 0.25) is 0 Å². The number of nitrogens with two attached hydrogens (primary N) is 1. The second-order valence-electron chi connectivity index (χ2n) is 6.15. The summed E-state index contributed by atoms with van der Waals surface area (Å²) in [4.78, 5) is 18.8. The number of hydrogen-bond donors (Lipinski definition) is 1. The summed E-state index contributed by atoms with van der Waals surface area (Å²) >= 11 is 0. The van der Waals surface area contributed by atoms with Crippen molar-refractivity contribution in [3.8, 4) is 5.75 Å². The highest BCUT2D eigenvalue weighted by Crippen LogP contribution is 2.21. The van der Waals surface area contributed by atoms with Gasteiger partial charge in [0.15, 0.2) is 6.61 Å². The van der Waals surface area contributed by atoms with Crippen LogP contribution in [-0.2, 0) is 13.0 Å². The molecule has 0 aliphatic carbocycles. The summed E-state index contributed by atoms with van der Waals surface area (Å²) in [7, 11) is 0. The van der Waals surface area contributed by atoms with Gasteiger partial charge in [0, 0.05) is 31.1 Å². The predicted molar refractivity (Wildman–Crippen MR) is 99.4 cm³/mol. The van der Waals surface area contributed by atoms with Crippen molar-refractivity contribution in [1.29, 1.82) is 0 Å². The van der Waals surface area contributed by atoms with Crippen molar-refractivity contribution in [1.82, 2.24) is 15.0 Å². The first-order valence-corrected chi connectivity index (χ1v) is 8.76. The molecule has 0 radical (unpaired) electrons. The number of aromatic nitrogens is 2. The average Bonchev–Trinajstić information content (AvgIpc) is 3.14. The van der Waals surface area contributed by atoms with Crippen molar-refractivity contribution >= 4 is 18.3 Å². The van der Waals surface area contributed by atoms with Gasteiger partial charge >= 0.3 is 0 Å². The zero-order valence-electron chi connectivity index (χ0n) is 14.9. The number of amides is 1. The van der Waals surface area contributed by atoms with Gasteiger partial charge < -0.3 is 19.9 Å². The maximum Gasteiger partial charge on any atom is 0.254 e. The van der Waals surface area contributed by atoms with E-state index in [9.17, 15) is 4.79 Å². The van der Waals surface area contributed by atoms with Crippen LogP contribution in [0.25, 0.3) is 0 Å². The zero-order chi connectivity index (χ0) is 17.6. The number of benzene rings is 1. The van der Waals surface area contributed by atoms with Crippen molar-refractivity contribution in [3.05, 3.63) is 41.5 Å². The lowest BCUT2D eigenvalue weighted by Gasteiger charge is -2.35. The maximum absolute atomic E-state index is 12.7. The molecule has 1 atom stereocenters. The SMILES string of the molecule is CCc1nc(COc2ccc(C(=O)N3CCCCC3CN)cc2)no1.Cl. The molecule has 0 saturated carbocycles.